The second-order valence-electron chi connectivity index (χ2n) is 4.92. The van der Waals surface area contributed by atoms with E-state index < -0.39 is 17.8 Å². The van der Waals surface area contributed by atoms with Gasteiger partial charge in [0.25, 0.3) is 0 Å². The molecule has 0 fully saturated rings. The molecule has 0 aliphatic heterocycles. The van der Waals surface area contributed by atoms with Crippen molar-refractivity contribution in [1.82, 2.24) is 25.9 Å². The van der Waals surface area contributed by atoms with Gasteiger partial charge >= 0.3 is 6.18 Å². The van der Waals surface area contributed by atoms with Crippen LogP contribution in [-0.4, -0.2) is 26.5 Å². The number of benzene rings is 1. The van der Waals surface area contributed by atoms with Crippen molar-refractivity contribution in [2.45, 2.75) is 25.6 Å². The first-order chi connectivity index (χ1) is 10.8. The zero-order chi connectivity index (χ0) is 17.0. The zero-order valence-electron chi connectivity index (χ0n) is 12.2. The minimum atomic E-state index is -4.38. The number of hydrogen-bond donors (Lipinski definition) is 2. The number of carbonyl (C=O) groups excluding carboxylic acids is 1. The van der Waals surface area contributed by atoms with Gasteiger partial charge in [-0.1, -0.05) is 18.7 Å². The molecule has 2 N–H and O–H groups in total. The van der Waals surface area contributed by atoms with Crippen LogP contribution in [0.3, 0.4) is 0 Å². The van der Waals surface area contributed by atoms with Crippen LogP contribution in [0.5, 0.6) is 0 Å². The first-order valence-electron chi connectivity index (χ1n) is 6.65. The maximum atomic E-state index is 12.5. The summed E-state index contributed by atoms with van der Waals surface area (Å²) in [7, 11) is 0. The Hall–Kier alpha value is -2.71. The van der Waals surface area contributed by atoms with Crippen LogP contribution in [0.25, 0.3) is 5.57 Å². The van der Waals surface area contributed by atoms with Crippen molar-refractivity contribution in [1.29, 1.82) is 0 Å². The minimum absolute atomic E-state index is 0.0372. The van der Waals surface area contributed by atoms with Gasteiger partial charge in [-0.15, -0.1) is 10.2 Å². The van der Waals surface area contributed by atoms with Gasteiger partial charge in [-0.05, 0) is 29.8 Å². The van der Waals surface area contributed by atoms with Gasteiger partial charge in [0, 0.05) is 5.57 Å². The highest BCUT2D eigenvalue weighted by Gasteiger charge is 2.30. The summed E-state index contributed by atoms with van der Waals surface area (Å²) >= 11 is 0. The molecule has 2 aromatic rings. The van der Waals surface area contributed by atoms with E-state index in [-0.39, 0.29) is 18.2 Å². The van der Waals surface area contributed by atoms with Crippen LogP contribution >= 0.6 is 0 Å². The molecule has 1 atom stereocenters. The molecule has 0 saturated carbocycles. The predicted molar refractivity (Wildman–Crippen MR) is 75.8 cm³/mol. The third kappa shape index (κ3) is 4.38. The van der Waals surface area contributed by atoms with E-state index >= 15 is 0 Å². The Balaban J connectivity index is 1.94. The molecule has 0 saturated heterocycles. The molecule has 0 radical (unpaired) electrons. The minimum Gasteiger partial charge on any atom is -0.349 e. The molecule has 9 heteroatoms. The number of aromatic nitrogens is 4. The molecule has 0 aliphatic carbocycles. The molecule has 1 aromatic heterocycles. The molecule has 0 bridgehead atoms. The van der Waals surface area contributed by atoms with Crippen molar-refractivity contribution in [3.8, 4) is 0 Å². The van der Waals surface area contributed by atoms with Crippen molar-refractivity contribution < 1.29 is 18.0 Å². The lowest BCUT2D eigenvalue weighted by Crippen LogP contribution is -2.26. The standard InChI is InChI=1S/C14H14F3N5O/c1-8(13-19-21-22-20-13)7-12(23)18-9(2)10-3-5-11(6-4-10)14(15,16)17/h3-6,9H,1,7H2,2H3,(H,18,23)(H,19,20,21,22)/t9-/m0/s1. The van der Waals surface area contributed by atoms with Gasteiger partial charge in [0.1, 0.15) is 0 Å². The fourth-order valence-corrected chi connectivity index (χ4v) is 1.92. The SMILES string of the molecule is C=C(CC(=O)N[C@@H](C)c1ccc(C(F)(F)F)cc1)c1nn[nH]n1. The Bertz CT molecular complexity index is 679. The first kappa shape index (κ1) is 16.7. The number of nitrogens with zero attached hydrogens (tertiary/aromatic N) is 3. The molecule has 23 heavy (non-hydrogen) atoms. The predicted octanol–water partition coefficient (Wildman–Crippen LogP) is 2.50. The number of H-pyrrole nitrogens is 1. The molecule has 0 aliphatic rings. The van der Waals surface area contributed by atoms with Crippen molar-refractivity contribution in [3.05, 3.63) is 47.8 Å². The number of nitrogens with one attached hydrogen (secondary N) is 2. The molecule has 1 aromatic carbocycles. The highest BCUT2D eigenvalue weighted by Crippen LogP contribution is 2.29. The summed E-state index contributed by atoms with van der Waals surface area (Å²) in [4.78, 5) is 11.9. The summed E-state index contributed by atoms with van der Waals surface area (Å²) in [6, 6.07) is 4.19. The van der Waals surface area contributed by atoms with Gasteiger partial charge in [-0.3, -0.25) is 4.79 Å². The number of rotatable bonds is 5. The molecule has 1 amide bonds. The molecule has 0 spiro atoms. The van der Waals surface area contributed by atoms with E-state index in [2.05, 4.69) is 32.5 Å². The lowest BCUT2D eigenvalue weighted by atomic mass is 10.1. The molecule has 0 unspecified atom stereocenters. The van der Waals surface area contributed by atoms with E-state index in [0.717, 1.165) is 12.1 Å². The maximum Gasteiger partial charge on any atom is 0.416 e. The Labute approximate surface area is 129 Å². The quantitative estimate of drug-likeness (QED) is 0.885. The summed E-state index contributed by atoms with van der Waals surface area (Å²) in [6.07, 6.45) is -4.42. The van der Waals surface area contributed by atoms with Gasteiger partial charge < -0.3 is 5.32 Å². The van der Waals surface area contributed by atoms with Gasteiger partial charge in [-0.25, -0.2) is 0 Å². The van der Waals surface area contributed by atoms with Crippen LogP contribution < -0.4 is 5.32 Å². The molecule has 6 nitrogen and oxygen atoms in total. The number of alkyl halides is 3. The van der Waals surface area contributed by atoms with E-state index in [9.17, 15) is 18.0 Å². The van der Waals surface area contributed by atoms with E-state index in [0.29, 0.717) is 11.1 Å². The number of tetrazole rings is 1. The summed E-state index contributed by atoms with van der Waals surface area (Å²) in [5, 5.41) is 15.7. The monoisotopic (exact) mass is 325 g/mol. The van der Waals surface area contributed by atoms with Crippen LogP contribution in [0.1, 0.15) is 36.3 Å². The third-order valence-electron chi connectivity index (χ3n) is 3.15. The van der Waals surface area contributed by atoms with Gasteiger partial charge in [0.15, 0.2) is 0 Å². The van der Waals surface area contributed by atoms with E-state index in [1.54, 1.807) is 6.92 Å². The van der Waals surface area contributed by atoms with Gasteiger partial charge in [-0.2, -0.15) is 18.4 Å². The largest absolute Gasteiger partial charge is 0.416 e. The van der Waals surface area contributed by atoms with Crippen molar-refractivity contribution in [2.75, 3.05) is 0 Å². The van der Waals surface area contributed by atoms with E-state index in [1.807, 2.05) is 0 Å². The lowest BCUT2D eigenvalue weighted by Gasteiger charge is -2.15. The maximum absolute atomic E-state index is 12.5. The van der Waals surface area contributed by atoms with E-state index in [1.165, 1.54) is 12.1 Å². The van der Waals surface area contributed by atoms with Gasteiger partial charge in [0.2, 0.25) is 11.7 Å². The number of amides is 1. The number of halogens is 3. The van der Waals surface area contributed by atoms with Crippen molar-refractivity contribution in [3.63, 3.8) is 0 Å². The zero-order valence-corrected chi connectivity index (χ0v) is 12.2. The lowest BCUT2D eigenvalue weighted by molar-refractivity contribution is -0.137. The second-order valence-corrected chi connectivity index (χ2v) is 4.92. The Morgan fingerprint density at radius 3 is 2.52 bits per heavy atom. The molecule has 1 heterocycles. The molecular weight excluding hydrogens is 311 g/mol. The van der Waals surface area contributed by atoms with Crippen LogP contribution in [0, 0.1) is 0 Å². The summed E-state index contributed by atoms with van der Waals surface area (Å²) in [5.41, 5.74) is 0.220. The topological polar surface area (TPSA) is 83.6 Å². The average molecular weight is 325 g/mol. The summed E-state index contributed by atoms with van der Waals surface area (Å²) < 4.78 is 37.5. The smallest absolute Gasteiger partial charge is 0.349 e. The Kier molecular flexibility index (Phi) is 4.77. The number of hydrogen-bond acceptors (Lipinski definition) is 4. The fourth-order valence-electron chi connectivity index (χ4n) is 1.92. The van der Waals surface area contributed by atoms with Crippen LogP contribution in [-0.2, 0) is 11.0 Å². The Morgan fingerprint density at radius 1 is 1.35 bits per heavy atom. The van der Waals surface area contributed by atoms with Crippen molar-refractivity contribution >= 4 is 11.5 Å². The highest BCUT2D eigenvalue weighted by atomic mass is 19.4. The van der Waals surface area contributed by atoms with Crippen LogP contribution in [0.15, 0.2) is 30.8 Å². The average Bonchev–Trinajstić information content (AvgIpc) is 3.00. The highest BCUT2D eigenvalue weighted by molar-refractivity contribution is 5.87. The first-order valence-corrected chi connectivity index (χ1v) is 6.65. The Morgan fingerprint density at radius 2 is 2.00 bits per heavy atom. The number of aromatic amines is 1. The van der Waals surface area contributed by atoms with Gasteiger partial charge in [0.05, 0.1) is 18.0 Å². The second kappa shape index (κ2) is 6.59. The summed E-state index contributed by atoms with van der Waals surface area (Å²) in [6.45, 7) is 5.36. The normalized spacial score (nSPS) is 12.7. The van der Waals surface area contributed by atoms with Crippen LogP contribution in [0.2, 0.25) is 0 Å². The molecular formula is C14H14F3N5O. The fraction of sp³-hybridized carbons (Fsp3) is 0.286. The summed E-state index contributed by atoms with van der Waals surface area (Å²) in [5.74, 6) is -0.102. The molecule has 122 valence electrons. The van der Waals surface area contributed by atoms with Crippen molar-refractivity contribution in [2.24, 2.45) is 0 Å². The number of carbonyl (C=O) groups is 1. The molecule has 2 rings (SSSR count). The third-order valence-corrected chi connectivity index (χ3v) is 3.15. The van der Waals surface area contributed by atoms with Crippen LogP contribution in [0.4, 0.5) is 13.2 Å². The van der Waals surface area contributed by atoms with E-state index in [4.69, 9.17) is 0 Å².